The normalized spacial score (nSPS) is 16.6. The molecule has 1 atom stereocenters. The van der Waals surface area contributed by atoms with Gasteiger partial charge in [0.25, 0.3) is 5.91 Å². The van der Waals surface area contributed by atoms with Crippen molar-refractivity contribution in [3.8, 4) is 11.5 Å². The van der Waals surface area contributed by atoms with Gasteiger partial charge in [0.15, 0.2) is 0 Å². The molecule has 2 aromatic rings. The summed E-state index contributed by atoms with van der Waals surface area (Å²) >= 11 is 1.61. The second-order valence-electron chi connectivity index (χ2n) is 5.96. The molecule has 0 radical (unpaired) electrons. The summed E-state index contributed by atoms with van der Waals surface area (Å²) in [6.45, 7) is 2.27. The summed E-state index contributed by atoms with van der Waals surface area (Å²) in [5, 5.41) is 2.94. The third-order valence-electron chi connectivity index (χ3n) is 4.16. The number of hydrogen-bond donors (Lipinski definition) is 1. The number of benzene rings is 1. The van der Waals surface area contributed by atoms with E-state index in [1.54, 1.807) is 43.8 Å². The van der Waals surface area contributed by atoms with Crippen LogP contribution < -0.4 is 14.8 Å². The van der Waals surface area contributed by atoms with Gasteiger partial charge in [-0.15, -0.1) is 11.3 Å². The average molecular weight is 331 g/mol. The Labute approximate surface area is 140 Å². The van der Waals surface area contributed by atoms with Crippen LogP contribution in [0.4, 0.5) is 5.69 Å². The predicted molar refractivity (Wildman–Crippen MR) is 93.0 cm³/mol. The Morgan fingerprint density at radius 1 is 1.17 bits per heavy atom. The maximum Gasteiger partial charge on any atom is 0.265 e. The van der Waals surface area contributed by atoms with Crippen LogP contribution in [0.25, 0.3) is 0 Å². The number of methoxy groups -OCH3 is 2. The fourth-order valence-electron chi connectivity index (χ4n) is 2.89. The van der Waals surface area contributed by atoms with Gasteiger partial charge in [0.2, 0.25) is 0 Å². The molecule has 1 heterocycles. The van der Waals surface area contributed by atoms with Crippen molar-refractivity contribution in [1.29, 1.82) is 0 Å². The molecule has 1 aliphatic carbocycles. The minimum absolute atomic E-state index is 0.0765. The van der Waals surface area contributed by atoms with E-state index < -0.39 is 0 Å². The molecule has 122 valence electrons. The predicted octanol–water partition coefficient (Wildman–Crippen LogP) is 4.14. The Hall–Kier alpha value is -2.01. The van der Waals surface area contributed by atoms with Crippen molar-refractivity contribution in [2.45, 2.75) is 26.2 Å². The van der Waals surface area contributed by atoms with Crippen LogP contribution in [0.5, 0.6) is 11.5 Å². The van der Waals surface area contributed by atoms with E-state index in [4.69, 9.17) is 9.47 Å². The molecule has 23 heavy (non-hydrogen) atoms. The molecular weight excluding hydrogens is 310 g/mol. The minimum atomic E-state index is -0.0765. The number of ether oxygens (including phenoxy) is 2. The number of rotatable bonds is 4. The first kappa shape index (κ1) is 15.9. The van der Waals surface area contributed by atoms with E-state index in [1.807, 2.05) is 6.07 Å². The van der Waals surface area contributed by atoms with Gasteiger partial charge >= 0.3 is 0 Å². The third-order valence-corrected chi connectivity index (χ3v) is 5.40. The van der Waals surface area contributed by atoms with Crippen LogP contribution in [0.2, 0.25) is 0 Å². The molecule has 5 heteroatoms. The van der Waals surface area contributed by atoms with E-state index in [9.17, 15) is 4.79 Å². The highest BCUT2D eigenvalue weighted by atomic mass is 32.1. The topological polar surface area (TPSA) is 47.6 Å². The molecule has 0 bridgehead atoms. The van der Waals surface area contributed by atoms with Gasteiger partial charge in [0.1, 0.15) is 11.5 Å². The number of aryl methyl sites for hydroxylation is 1. The maximum absolute atomic E-state index is 12.5. The van der Waals surface area contributed by atoms with Gasteiger partial charge in [-0.1, -0.05) is 6.92 Å². The van der Waals surface area contributed by atoms with Crippen LogP contribution in [-0.2, 0) is 12.8 Å². The van der Waals surface area contributed by atoms with Crippen molar-refractivity contribution in [2.75, 3.05) is 19.5 Å². The lowest BCUT2D eigenvalue weighted by Crippen LogP contribution is -2.10. The summed E-state index contributed by atoms with van der Waals surface area (Å²) < 4.78 is 10.5. The molecule has 0 fully saturated rings. The molecule has 0 unspecified atom stereocenters. The number of fused-ring (bicyclic) bond motifs is 1. The van der Waals surface area contributed by atoms with Gasteiger partial charge in [-0.25, -0.2) is 0 Å². The van der Waals surface area contributed by atoms with Crippen molar-refractivity contribution in [1.82, 2.24) is 0 Å². The summed E-state index contributed by atoms with van der Waals surface area (Å²) in [5.41, 5.74) is 2.01. The van der Waals surface area contributed by atoms with Crippen molar-refractivity contribution in [2.24, 2.45) is 5.92 Å². The summed E-state index contributed by atoms with van der Waals surface area (Å²) in [4.78, 5) is 14.7. The van der Waals surface area contributed by atoms with E-state index in [2.05, 4.69) is 12.2 Å². The molecule has 0 aliphatic heterocycles. The fraction of sp³-hybridized carbons (Fsp3) is 0.389. The van der Waals surface area contributed by atoms with Gasteiger partial charge in [-0.05, 0) is 36.8 Å². The van der Waals surface area contributed by atoms with Crippen LogP contribution in [0.3, 0.4) is 0 Å². The molecule has 0 saturated carbocycles. The summed E-state index contributed by atoms with van der Waals surface area (Å²) in [6, 6.07) is 7.40. The highest BCUT2D eigenvalue weighted by molar-refractivity contribution is 7.14. The number of anilines is 1. The Morgan fingerprint density at radius 3 is 2.52 bits per heavy atom. The largest absolute Gasteiger partial charge is 0.497 e. The SMILES string of the molecule is COc1cc(NC(=O)c2cc3c(s2)CC[C@H](C)C3)cc(OC)c1. The number of carbonyl (C=O) groups is 1. The van der Waals surface area contributed by atoms with E-state index in [1.165, 1.54) is 16.9 Å². The van der Waals surface area contributed by atoms with E-state index in [0.717, 1.165) is 17.7 Å². The number of hydrogen-bond acceptors (Lipinski definition) is 4. The van der Waals surface area contributed by atoms with Crippen molar-refractivity contribution < 1.29 is 14.3 Å². The molecule has 1 aromatic carbocycles. The second kappa shape index (κ2) is 6.62. The quantitative estimate of drug-likeness (QED) is 0.916. The van der Waals surface area contributed by atoms with Crippen LogP contribution >= 0.6 is 11.3 Å². The fourth-order valence-corrected chi connectivity index (χ4v) is 3.99. The average Bonchev–Trinajstić information content (AvgIpc) is 2.97. The molecule has 3 rings (SSSR count). The maximum atomic E-state index is 12.5. The minimum Gasteiger partial charge on any atom is -0.497 e. The van der Waals surface area contributed by atoms with Crippen LogP contribution in [0.1, 0.15) is 33.5 Å². The first-order chi connectivity index (χ1) is 11.1. The Balaban J connectivity index is 1.79. The smallest absolute Gasteiger partial charge is 0.265 e. The van der Waals surface area contributed by atoms with Crippen molar-refractivity contribution >= 4 is 22.9 Å². The molecular formula is C18H21NO3S. The summed E-state index contributed by atoms with van der Waals surface area (Å²) in [5.74, 6) is 1.93. The third kappa shape index (κ3) is 3.50. The zero-order valence-corrected chi connectivity index (χ0v) is 14.5. The Kier molecular flexibility index (Phi) is 4.57. The van der Waals surface area contributed by atoms with E-state index in [-0.39, 0.29) is 5.91 Å². The highest BCUT2D eigenvalue weighted by Crippen LogP contribution is 2.33. The van der Waals surface area contributed by atoms with Crippen LogP contribution in [0.15, 0.2) is 24.3 Å². The zero-order chi connectivity index (χ0) is 16.4. The molecule has 1 aliphatic rings. The number of carbonyl (C=O) groups excluding carboxylic acids is 1. The molecule has 1 aromatic heterocycles. The molecule has 4 nitrogen and oxygen atoms in total. The number of nitrogens with one attached hydrogen (secondary N) is 1. The number of amides is 1. The van der Waals surface area contributed by atoms with E-state index in [0.29, 0.717) is 23.1 Å². The lowest BCUT2D eigenvalue weighted by molar-refractivity contribution is 0.103. The first-order valence-corrected chi connectivity index (χ1v) is 8.56. The monoisotopic (exact) mass is 331 g/mol. The lowest BCUT2D eigenvalue weighted by Gasteiger charge is -2.16. The highest BCUT2D eigenvalue weighted by Gasteiger charge is 2.20. The Bertz CT molecular complexity index is 701. The Morgan fingerprint density at radius 2 is 1.87 bits per heavy atom. The summed E-state index contributed by atoms with van der Waals surface area (Å²) in [6.07, 6.45) is 3.37. The van der Waals surface area contributed by atoms with Gasteiger partial charge < -0.3 is 14.8 Å². The zero-order valence-electron chi connectivity index (χ0n) is 13.6. The standard InChI is InChI=1S/C18H21NO3S/c1-11-4-5-16-12(6-11)7-17(23-16)18(20)19-13-8-14(21-2)10-15(9-13)22-3/h7-11H,4-6H2,1-3H3,(H,19,20)/t11-/m0/s1. The molecule has 1 amide bonds. The van der Waals surface area contributed by atoms with Crippen LogP contribution in [-0.4, -0.2) is 20.1 Å². The van der Waals surface area contributed by atoms with Gasteiger partial charge in [-0.2, -0.15) is 0 Å². The van der Waals surface area contributed by atoms with Crippen LogP contribution in [0, 0.1) is 5.92 Å². The molecule has 1 N–H and O–H groups in total. The first-order valence-electron chi connectivity index (χ1n) is 7.75. The van der Waals surface area contributed by atoms with E-state index >= 15 is 0 Å². The summed E-state index contributed by atoms with van der Waals surface area (Å²) in [7, 11) is 3.18. The van der Waals surface area contributed by atoms with Crippen molar-refractivity contribution in [3.05, 3.63) is 39.6 Å². The lowest BCUT2D eigenvalue weighted by atomic mass is 9.90. The second-order valence-corrected chi connectivity index (χ2v) is 7.10. The van der Waals surface area contributed by atoms with Gasteiger partial charge in [0, 0.05) is 28.8 Å². The molecule has 0 saturated heterocycles. The molecule has 0 spiro atoms. The van der Waals surface area contributed by atoms with Gasteiger partial charge in [0.05, 0.1) is 19.1 Å². The number of thiophene rings is 1. The van der Waals surface area contributed by atoms with Gasteiger partial charge in [-0.3, -0.25) is 4.79 Å². The van der Waals surface area contributed by atoms with Crippen molar-refractivity contribution in [3.63, 3.8) is 0 Å².